The van der Waals surface area contributed by atoms with Gasteiger partial charge in [0, 0.05) is 5.02 Å². The fourth-order valence-electron chi connectivity index (χ4n) is 1.68. The van der Waals surface area contributed by atoms with Gasteiger partial charge in [0.2, 0.25) is 0 Å². The Morgan fingerprint density at radius 3 is 2.77 bits per heavy atom. The first-order valence-corrected chi connectivity index (χ1v) is 7.13. The standard InChI is InChI=1S/C12H10BrClF3N3O2/c13-10-4-7(22-20-10)5-18-11(21)19-9-2-1-6(14)3-8(9)12(15,16)17/h1-4,7,20H,5H2,(H2,18,19,21). The van der Waals surface area contributed by atoms with Gasteiger partial charge in [-0.15, -0.1) is 0 Å². The number of rotatable bonds is 3. The van der Waals surface area contributed by atoms with E-state index in [0.29, 0.717) is 4.61 Å². The lowest BCUT2D eigenvalue weighted by Gasteiger charge is -2.15. The van der Waals surface area contributed by atoms with Gasteiger partial charge in [-0.1, -0.05) is 11.6 Å². The number of hydrogen-bond acceptors (Lipinski definition) is 3. The van der Waals surface area contributed by atoms with Gasteiger partial charge in [-0.05, 0) is 40.2 Å². The summed E-state index contributed by atoms with van der Waals surface area (Å²) >= 11 is 8.69. The molecule has 22 heavy (non-hydrogen) atoms. The zero-order valence-corrected chi connectivity index (χ0v) is 13.1. The highest BCUT2D eigenvalue weighted by Gasteiger charge is 2.34. The van der Waals surface area contributed by atoms with Crippen LogP contribution in [0.5, 0.6) is 0 Å². The minimum Gasteiger partial charge on any atom is -0.335 e. The molecule has 1 aliphatic rings. The smallest absolute Gasteiger partial charge is 0.335 e. The Labute approximate surface area is 136 Å². The van der Waals surface area contributed by atoms with Gasteiger partial charge in [0.1, 0.15) is 10.7 Å². The van der Waals surface area contributed by atoms with Gasteiger partial charge < -0.3 is 10.6 Å². The van der Waals surface area contributed by atoms with Crippen LogP contribution in [0.2, 0.25) is 5.02 Å². The van der Waals surface area contributed by atoms with Crippen LogP contribution in [0.15, 0.2) is 28.9 Å². The molecule has 0 bridgehead atoms. The van der Waals surface area contributed by atoms with Crippen LogP contribution in [-0.2, 0) is 11.0 Å². The molecular formula is C12H10BrClF3N3O2. The molecule has 0 saturated heterocycles. The number of alkyl halides is 3. The predicted molar refractivity (Wildman–Crippen MR) is 78.5 cm³/mol. The van der Waals surface area contributed by atoms with Crippen LogP contribution in [0.4, 0.5) is 23.7 Å². The molecule has 3 N–H and O–H groups in total. The van der Waals surface area contributed by atoms with Crippen molar-refractivity contribution in [3.63, 3.8) is 0 Å². The van der Waals surface area contributed by atoms with Crippen molar-refractivity contribution in [1.82, 2.24) is 10.8 Å². The van der Waals surface area contributed by atoms with E-state index in [1.807, 2.05) is 0 Å². The second-order valence-corrected chi connectivity index (χ2v) is 5.59. The SMILES string of the molecule is O=C(NCC1C=C(Br)NO1)Nc1ccc(Cl)cc1C(F)(F)F. The second kappa shape index (κ2) is 6.76. The molecule has 120 valence electrons. The quantitative estimate of drug-likeness (QED) is 0.679. The Kier molecular flexibility index (Phi) is 5.20. The highest BCUT2D eigenvalue weighted by atomic mass is 79.9. The van der Waals surface area contributed by atoms with Gasteiger partial charge in [-0.2, -0.15) is 13.2 Å². The number of hydrogen-bond donors (Lipinski definition) is 3. The summed E-state index contributed by atoms with van der Waals surface area (Å²) in [7, 11) is 0. The maximum Gasteiger partial charge on any atom is 0.418 e. The minimum absolute atomic E-state index is 0.0706. The number of carbonyl (C=O) groups excluding carboxylic acids is 1. The van der Waals surface area contributed by atoms with Gasteiger partial charge in [-0.25, -0.2) is 4.79 Å². The third kappa shape index (κ3) is 4.52. The van der Waals surface area contributed by atoms with Crippen molar-refractivity contribution in [2.24, 2.45) is 0 Å². The number of amides is 2. The number of anilines is 1. The maximum absolute atomic E-state index is 12.9. The fraction of sp³-hybridized carbons (Fsp3) is 0.250. The summed E-state index contributed by atoms with van der Waals surface area (Å²) in [6, 6.07) is 2.32. The molecule has 2 amide bonds. The zero-order chi connectivity index (χ0) is 16.3. The topological polar surface area (TPSA) is 62.4 Å². The summed E-state index contributed by atoms with van der Waals surface area (Å²) in [5.41, 5.74) is 1.13. The van der Waals surface area contributed by atoms with Gasteiger partial charge in [0.25, 0.3) is 0 Å². The van der Waals surface area contributed by atoms with Crippen molar-refractivity contribution in [2.45, 2.75) is 12.3 Å². The van der Waals surface area contributed by atoms with Gasteiger partial charge in [0.15, 0.2) is 0 Å². The molecular weight excluding hydrogens is 391 g/mol. The van der Waals surface area contributed by atoms with Crippen LogP contribution in [0, 0.1) is 0 Å². The Bertz CT molecular complexity index is 610. The third-order valence-corrected chi connectivity index (χ3v) is 3.30. The largest absolute Gasteiger partial charge is 0.418 e. The van der Waals surface area contributed by atoms with Crippen molar-refractivity contribution in [2.75, 3.05) is 11.9 Å². The van der Waals surface area contributed by atoms with Crippen LogP contribution in [0.3, 0.4) is 0 Å². The van der Waals surface area contributed by atoms with E-state index < -0.39 is 23.9 Å². The molecule has 0 spiro atoms. The van der Waals surface area contributed by atoms with Crippen molar-refractivity contribution in [3.05, 3.63) is 39.5 Å². The molecule has 1 heterocycles. The molecule has 0 fully saturated rings. The molecule has 1 unspecified atom stereocenters. The van der Waals surface area contributed by atoms with Crippen molar-refractivity contribution < 1.29 is 22.8 Å². The lowest BCUT2D eigenvalue weighted by molar-refractivity contribution is -0.136. The van der Waals surface area contributed by atoms with Crippen LogP contribution >= 0.6 is 27.5 Å². The fourth-order valence-corrected chi connectivity index (χ4v) is 2.24. The highest BCUT2D eigenvalue weighted by molar-refractivity contribution is 9.11. The first kappa shape index (κ1) is 16.9. The summed E-state index contributed by atoms with van der Waals surface area (Å²) in [4.78, 5) is 16.7. The second-order valence-electron chi connectivity index (χ2n) is 4.30. The molecule has 0 saturated carbocycles. The molecule has 1 atom stereocenters. The summed E-state index contributed by atoms with van der Waals surface area (Å²) in [5.74, 6) is 0. The van der Waals surface area contributed by atoms with Crippen molar-refractivity contribution >= 4 is 39.2 Å². The van der Waals surface area contributed by atoms with Crippen LogP contribution in [0.1, 0.15) is 5.56 Å². The monoisotopic (exact) mass is 399 g/mol. The highest BCUT2D eigenvalue weighted by Crippen LogP contribution is 2.36. The molecule has 0 aliphatic carbocycles. The first-order valence-electron chi connectivity index (χ1n) is 5.96. The Morgan fingerprint density at radius 2 is 2.18 bits per heavy atom. The zero-order valence-electron chi connectivity index (χ0n) is 10.8. The van der Waals surface area contributed by atoms with E-state index in [4.69, 9.17) is 16.4 Å². The molecule has 1 aromatic rings. The summed E-state index contributed by atoms with van der Waals surface area (Å²) in [6.07, 6.45) is -3.39. The average Bonchev–Trinajstić information content (AvgIpc) is 2.83. The maximum atomic E-state index is 12.9. The van der Waals surface area contributed by atoms with Gasteiger partial charge in [0.05, 0.1) is 17.8 Å². The van der Waals surface area contributed by atoms with Crippen LogP contribution in [-0.4, -0.2) is 18.7 Å². The summed E-state index contributed by atoms with van der Waals surface area (Å²) < 4.78 is 39.3. The number of urea groups is 1. The van der Waals surface area contributed by atoms with E-state index in [1.54, 1.807) is 6.08 Å². The summed E-state index contributed by atoms with van der Waals surface area (Å²) in [6.45, 7) is 0.0862. The third-order valence-electron chi connectivity index (χ3n) is 2.64. The van der Waals surface area contributed by atoms with E-state index in [2.05, 4.69) is 32.0 Å². The van der Waals surface area contributed by atoms with Crippen LogP contribution < -0.4 is 16.1 Å². The number of benzene rings is 1. The lowest BCUT2D eigenvalue weighted by Crippen LogP contribution is -2.35. The lowest BCUT2D eigenvalue weighted by atomic mass is 10.1. The molecule has 10 heteroatoms. The number of nitrogens with one attached hydrogen (secondary N) is 3. The molecule has 1 aliphatic heterocycles. The minimum atomic E-state index is -4.63. The first-order chi connectivity index (χ1) is 10.3. The molecule has 5 nitrogen and oxygen atoms in total. The normalized spacial score (nSPS) is 17.7. The van der Waals surface area contributed by atoms with Gasteiger partial charge >= 0.3 is 12.2 Å². The Hall–Kier alpha value is -1.45. The summed E-state index contributed by atoms with van der Waals surface area (Å²) in [5, 5.41) is 4.48. The van der Waals surface area contributed by atoms with E-state index in [9.17, 15) is 18.0 Å². The number of halogens is 5. The molecule has 2 rings (SSSR count). The van der Waals surface area contributed by atoms with E-state index in [-0.39, 0.29) is 17.3 Å². The van der Waals surface area contributed by atoms with E-state index in [1.165, 1.54) is 6.07 Å². The average molecular weight is 401 g/mol. The van der Waals surface area contributed by atoms with Crippen molar-refractivity contribution in [1.29, 1.82) is 0 Å². The van der Waals surface area contributed by atoms with Crippen LogP contribution in [0.25, 0.3) is 0 Å². The Balaban J connectivity index is 1.99. The Morgan fingerprint density at radius 1 is 1.45 bits per heavy atom. The predicted octanol–water partition coefficient (Wildman–Crippen LogP) is 3.62. The molecule has 1 aromatic carbocycles. The molecule has 0 aromatic heterocycles. The van der Waals surface area contributed by atoms with Gasteiger partial charge in [-0.3, -0.25) is 10.3 Å². The van der Waals surface area contributed by atoms with E-state index >= 15 is 0 Å². The number of carbonyl (C=O) groups is 1. The van der Waals surface area contributed by atoms with Crippen molar-refractivity contribution in [3.8, 4) is 0 Å². The molecule has 0 radical (unpaired) electrons. The van der Waals surface area contributed by atoms with E-state index in [0.717, 1.165) is 12.1 Å². The number of hydroxylamine groups is 1.